The van der Waals surface area contributed by atoms with Crippen molar-refractivity contribution in [2.45, 2.75) is 12.8 Å². The first-order valence-corrected chi connectivity index (χ1v) is 6.12. The van der Waals surface area contributed by atoms with Crippen LogP contribution in [0, 0.1) is 0 Å². The molecule has 2 N–H and O–H groups in total. The molecule has 0 fully saturated rings. The molecule has 14 heavy (non-hydrogen) atoms. The zero-order valence-corrected chi connectivity index (χ0v) is 9.27. The molecule has 0 saturated heterocycles. The maximum atomic E-state index is 5.45. The average Bonchev–Trinajstić information content (AvgIpc) is 2.79. The van der Waals surface area contributed by atoms with Crippen molar-refractivity contribution in [3.63, 3.8) is 0 Å². The van der Waals surface area contributed by atoms with Crippen LogP contribution in [-0.4, -0.2) is 16.7 Å². The van der Waals surface area contributed by atoms with Gasteiger partial charge in [0.1, 0.15) is 10.0 Å². The molecule has 0 aliphatic carbocycles. The molecule has 0 spiro atoms. The summed E-state index contributed by atoms with van der Waals surface area (Å²) < 4.78 is 0. The van der Waals surface area contributed by atoms with Crippen molar-refractivity contribution in [1.82, 2.24) is 10.2 Å². The first kappa shape index (κ1) is 9.76. The molecule has 0 aliphatic heterocycles. The maximum Gasteiger partial charge on any atom is 0.122 e. The number of aromatic nitrogens is 2. The van der Waals surface area contributed by atoms with Crippen molar-refractivity contribution in [3.8, 4) is 0 Å². The van der Waals surface area contributed by atoms with E-state index in [-0.39, 0.29) is 0 Å². The van der Waals surface area contributed by atoms with Crippen molar-refractivity contribution in [2.75, 3.05) is 6.54 Å². The van der Waals surface area contributed by atoms with Crippen LogP contribution in [0.25, 0.3) is 0 Å². The summed E-state index contributed by atoms with van der Waals surface area (Å²) >= 11 is 3.41. The fourth-order valence-electron chi connectivity index (χ4n) is 1.15. The Labute approximate surface area is 90.6 Å². The standard InChI is InChI=1S/C9H11N3S2/c10-4-3-8-11-12-9(14-8)6-7-2-1-5-13-7/h1-2,5H,3-4,6,10H2. The van der Waals surface area contributed by atoms with Crippen LogP contribution in [0.3, 0.4) is 0 Å². The van der Waals surface area contributed by atoms with Crippen LogP contribution in [0.1, 0.15) is 14.9 Å². The molecule has 0 bridgehead atoms. The van der Waals surface area contributed by atoms with Gasteiger partial charge in [0.25, 0.3) is 0 Å². The quantitative estimate of drug-likeness (QED) is 0.861. The lowest BCUT2D eigenvalue weighted by Gasteiger charge is -1.88. The normalized spacial score (nSPS) is 10.6. The second-order valence-electron chi connectivity index (χ2n) is 2.88. The van der Waals surface area contributed by atoms with Gasteiger partial charge in [0.2, 0.25) is 0 Å². The summed E-state index contributed by atoms with van der Waals surface area (Å²) in [5, 5.41) is 12.4. The van der Waals surface area contributed by atoms with Crippen LogP contribution in [-0.2, 0) is 12.8 Å². The smallest absolute Gasteiger partial charge is 0.122 e. The summed E-state index contributed by atoms with van der Waals surface area (Å²) in [6.45, 7) is 0.646. The van der Waals surface area contributed by atoms with E-state index in [0.717, 1.165) is 22.9 Å². The lowest BCUT2D eigenvalue weighted by Crippen LogP contribution is -2.01. The summed E-state index contributed by atoms with van der Waals surface area (Å²) in [6.07, 6.45) is 1.74. The number of rotatable bonds is 4. The number of thiophene rings is 1. The number of hydrogen-bond donors (Lipinski definition) is 1. The van der Waals surface area contributed by atoms with Gasteiger partial charge >= 0.3 is 0 Å². The van der Waals surface area contributed by atoms with Crippen molar-refractivity contribution in [1.29, 1.82) is 0 Å². The van der Waals surface area contributed by atoms with Gasteiger partial charge in [-0.15, -0.1) is 32.9 Å². The van der Waals surface area contributed by atoms with Gasteiger partial charge in [-0.25, -0.2) is 0 Å². The van der Waals surface area contributed by atoms with Crippen LogP contribution in [0.15, 0.2) is 17.5 Å². The molecule has 2 aromatic rings. The van der Waals surface area contributed by atoms with Gasteiger partial charge in [-0.2, -0.15) is 0 Å². The van der Waals surface area contributed by atoms with Gasteiger partial charge in [-0.3, -0.25) is 0 Å². The van der Waals surface area contributed by atoms with E-state index in [4.69, 9.17) is 5.73 Å². The molecule has 5 heteroatoms. The molecule has 0 aliphatic rings. The summed E-state index contributed by atoms with van der Waals surface area (Å²) in [6, 6.07) is 4.18. The molecule has 0 unspecified atom stereocenters. The molecule has 2 aromatic heterocycles. The highest BCUT2D eigenvalue weighted by Gasteiger charge is 2.04. The summed E-state index contributed by atoms with van der Waals surface area (Å²) in [5.41, 5.74) is 5.45. The highest BCUT2D eigenvalue weighted by Crippen LogP contribution is 2.17. The Bertz CT molecular complexity index is 380. The maximum absolute atomic E-state index is 5.45. The third-order valence-electron chi connectivity index (χ3n) is 1.77. The van der Waals surface area contributed by atoms with Gasteiger partial charge in [-0.1, -0.05) is 6.07 Å². The Morgan fingerprint density at radius 3 is 2.86 bits per heavy atom. The van der Waals surface area contributed by atoms with E-state index < -0.39 is 0 Å². The van der Waals surface area contributed by atoms with Gasteiger partial charge in [0.05, 0.1) is 0 Å². The Balaban J connectivity index is 2.03. The molecule has 2 heterocycles. The largest absolute Gasteiger partial charge is 0.330 e. The second kappa shape index (κ2) is 4.63. The van der Waals surface area contributed by atoms with Gasteiger partial charge in [0, 0.05) is 17.7 Å². The SMILES string of the molecule is NCCc1nnc(Cc2cccs2)s1. The van der Waals surface area contributed by atoms with Crippen LogP contribution >= 0.6 is 22.7 Å². The van der Waals surface area contributed by atoms with Gasteiger partial charge < -0.3 is 5.73 Å². The van der Waals surface area contributed by atoms with E-state index in [1.165, 1.54) is 4.88 Å². The lowest BCUT2D eigenvalue weighted by molar-refractivity contribution is 0.899. The summed E-state index contributed by atoms with van der Waals surface area (Å²) in [5.74, 6) is 0. The molecule has 3 nitrogen and oxygen atoms in total. The summed E-state index contributed by atoms with van der Waals surface area (Å²) in [7, 11) is 0. The Hall–Kier alpha value is -0.780. The molecule has 0 saturated carbocycles. The number of nitrogens with zero attached hydrogens (tertiary/aromatic N) is 2. The molecular weight excluding hydrogens is 214 g/mol. The average molecular weight is 225 g/mol. The molecule has 0 aromatic carbocycles. The fourth-order valence-corrected chi connectivity index (χ4v) is 2.83. The number of hydrogen-bond acceptors (Lipinski definition) is 5. The monoisotopic (exact) mass is 225 g/mol. The van der Waals surface area contributed by atoms with Crippen molar-refractivity contribution >= 4 is 22.7 Å². The van der Waals surface area contributed by atoms with E-state index in [0.29, 0.717) is 6.54 Å². The zero-order valence-electron chi connectivity index (χ0n) is 7.64. The van der Waals surface area contributed by atoms with Crippen LogP contribution in [0.5, 0.6) is 0 Å². The van der Waals surface area contributed by atoms with E-state index in [1.54, 1.807) is 22.7 Å². The first-order chi connectivity index (χ1) is 6.88. The van der Waals surface area contributed by atoms with E-state index in [2.05, 4.69) is 27.7 Å². The Kier molecular flexibility index (Phi) is 3.23. The predicted octanol–water partition coefficient (Wildman–Crippen LogP) is 1.69. The van der Waals surface area contributed by atoms with E-state index in [1.807, 2.05) is 0 Å². The lowest BCUT2D eigenvalue weighted by atomic mass is 10.4. The minimum absolute atomic E-state index is 0.646. The zero-order chi connectivity index (χ0) is 9.80. The molecule has 0 atom stereocenters. The second-order valence-corrected chi connectivity index (χ2v) is 5.06. The molecule has 2 rings (SSSR count). The minimum atomic E-state index is 0.646. The van der Waals surface area contributed by atoms with E-state index in [9.17, 15) is 0 Å². The predicted molar refractivity (Wildman–Crippen MR) is 59.8 cm³/mol. The van der Waals surface area contributed by atoms with Gasteiger partial charge in [-0.05, 0) is 18.0 Å². The Morgan fingerprint density at radius 1 is 1.29 bits per heavy atom. The molecule has 0 radical (unpaired) electrons. The van der Waals surface area contributed by atoms with Crippen molar-refractivity contribution in [3.05, 3.63) is 32.4 Å². The van der Waals surface area contributed by atoms with Crippen molar-refractivity contribution < 1.29 is 0 Å². The Morgan fingerprint density at radius 2 is 2.14 bits per heavy atom. The van der Waals surface area contributed by atoms with Gasteiger partial charge in [0.15, 0.2) is 0 Å². The molecule has 74 valence electrons. The van der Waals surface area contributed by atoms with E-state index >= 15 is 0 Å². The molecular formula is C9H11N3S2. The van der Waals surface area contributed by atoms with Crippen LogP contribution < -0.4 is 5.73 Å². The van der Waals surface area contributed by atoms with Crippen LogP contribution in [0.4, 0.5) is 0 Å². The minimum Gasteiger partial charge on any atom is -0.330 e. The molecule has 0 amide bonds. The third-order valence-corrected chi connectivity index (χ3v) is 3.63. The fraction of sp³-hybridized carbons (Fsp3) is 0.333. The van der Waals surface area contributed by atoms with Crippen molar-refractivity contribution in [2.24, 2.45) is 5.73 Å². The highest BCUT2D eigenvalue weighted by molar-refractivity contribution is 7.12. The summed E-state index contributed by atoms with van der Waals surface area (Å²) in [4.78, 5) is 1.33. The number of nitrogens with two attached hydrogens (primary N) is 1. The highest BCUT2D eigenvalue weighted by atomic mass is 32.1. The first-order valence-electron chi connectivity index (χ1n) is 4.42. The van der Waals surface area contributed by atoms with Crippen LogP contribution in [0.2, 0.25) is 0 Å². The topological polar surface area (TPSA) is 51.8 Å². The third kappa shape index (κ3) is 2.37.